The van der Waals surface area contributed by atoms with E-state index in [1.807, 2.05) is 12.3 Å². The van der Waals surface area contributed by atoms with E-state index in [4.69, 9.17) is 5.73 Å². The zero-order chi connectivity index (χ0) is 12.7. The van der Waals surface area contributed by atoms with Crippen LogP contribution in [-0.4, -0.2) is 43.6 Å². The molecule has 1 heterocycles. The van der Waals surface area contributed by atoms with Gasteiger partial charge in [-0.05, 0) is 40.1 Å². The molecule has 0 fully saturated rings. The molecule has 17 heavy (non-hydrogen) atoms. The highest BCUT2D eigenvalue weighted by atomic mass is 15.2. The Morgan fingerprint density at radius 1 is 1.29 bits per heavy atom. The van der Waals surface area contributed by atoms with Gasteiger partial charge in [-0.2, -0.15) is 0 Å². The van der Waals surface area contributed by atoms with Gasteiger partial charge in [0.05, 0.1) is 0 Å². The smallest absolute Gasteiger partial charge is 0.132 e. The molecule has 4 heteroatoms. The minimum atomic E-state index is 0.549. The van der Waals surface area contributed by atoms with Crippen LogP contribution in [0.1, 0.15) is 18.9 Å². The zero-order valence-corrected chi connectivity index (χ0v) is 11.2. The summed E-state index contributed by atoms with van der Waals surface area (Å²) in [7, 11) is 4.20. The van der Waals surface area contributed by atoms with Gasteiger partial charge in [-0.3, -0.25) is 0 Å². The summed E-state index contributed by atoms with van der Waals surface area (Å²) < 4.78 is 0. The lowest BCUT2D eigenvalue weighted by Crippen LogP contribution is -2.29. The summed E-state index contributed by atoms with van der Waals surface area (Å²) in [4.78, 5) is 8.95. The molecule has 1 aromatic heterocycles. The van der Waals surface area contributed by atoms with Crippen LogP contribution in [0.3, 0.4) is 0 Å². The van der Waals surface area contributed by atoms with Crippen LogP contribution in [0, 0.1) is 0 Å². The molecule has 1 aromatic rings. The van der Waals surface area contributed by atoms with E-state index >= 15 is 0 Å². The first-order chi connectivity index (χ1) is 8.19. The quantitative estimate of drug-likeness (QED) is 0.775. The lowest BCUT2D eigenvalue weighted by Gasteiger charge is -2.24. The molecule has 0 radical (unpaired) electrons. The molecule has 4 nitrogen and oxygen atoms in total. The highest BCUT2D eigenvalue weighted by Crippen LogP contribution is 2.16. The van der Waals surface area contributed by atoms with Crippen molar-refractivity contribution in [2.75, 3.05) is 38.6 Å². The van der Waals surface area contributed by atoms with Crippen LogP contribution in [0.2, 0.25) is 0 Å². The normalized spacial score (nSPS) is 10.9. The first-order valence-electron chi connectivity index (χ1n) is 6.22. The van der Waals surface area contributed by atoms with Crippen LogP contribution in [0.25, 0.3) is 0 Å². The van der Waals surface area contributed by atoms with Crippen molar-refractivity contribution in [1.29, 1.82) is 0 Å². The summed E-state index contributed by atoms with van der Waals surface area (Å²) in [6.07, 6.45) is 2.98. The Kier molecular flexibility index (Phi) is 5.94. The van der Waals surface area contributed by atoms with Gasteiger partial charge in [-0.1, -0.05) is 6.07 Å². The van der Waals surface area contributed by atoms with Crippen molar-refractivity contribution < 1.29 is 0 Å². The van der Waals surface area contributed by atoms with E-state index in [1.54, 1.807) is 0 Å². The topological polar surface area (TPSA) is 45.4 Å². The van der Waals surface area contributed by atoms with Crippen molar-refractivity contribution in [3.05, 3.63) is 23.9 Å². The number of anilines is 1. The molecule has 0 saturated carbocycles. The van der Waals surface area contributed by atoms with E-state index < -0.39 is 0 Å². The molecule has 0 bridgehead atoms. The molecule has 0 saturated heterocycles. The summed E-state index contributed by atoms with van der Waals surface area (Å²) in [5, 5.41) is 0. The number of nitrogens with two attached hydrogens (primary N) is 1. The minimum absolute atomic E-state index is 0.549. The summed E-state index contributed by atoms with van der Waals surface area (Å²) >= 11 is 0. The standard InChI is InChI=1S/C13H24N4/c1-4-17(10-6-9-16(2)3)13-12(11-14)7-5-8-15-13/h5,7-8H,4,6,9-11,14H2,1-3H3. The molecule has 0 amide bonds. The van der Waals surface area contributed by atoms with Gasteiger partial charge in [-0.15, -0.1) is 0 Å². The van der Waals surface area contributed by atoms with Crippen LogP contribution in [-0.2, 0) is 6.54 Å². The lowest BCUT2D eigenvalue weighted by molar-refractivity contribution is 0.400. The average Bonchev–Trinajstić information content (AvgIpc) is 2.34. The van der Waals surface area contributed by atoms with Gasteiger partial charge in [0.2, 0.25) is 0 Å². The van der Waals surface area contributed by atoms with E-state index in [-0.39, 0.29) is 0 Å². The van der Waals surface area contributed by atoms with Crippen molar-refractivity contribution >= 4 is 5.82 Å². The predicted octanol–water partition coefficient (Wildman–Crippen LogP) is 1.32. The number of rotatable bonds is 7. The fourth-order valence-electron chi connectivity index (χ4n) is 1.87. The van der Waals surface area contributed by atoms with E-state index in [1.165, 1.54) is 0 Å². The van der Waals surface area contributed by atoms with Gasteiger partial charge < -0.3 is 15.5 Å². The third-order valence-electron chi connectivity index (χ3n) is 2.80. The molecule has 0 unspecified atom stereocenters. The second-order valence-electron chi connectivity index (χ2n) is 4.43. The minimum Gasteiger partial charge on any atom is -0.357 e. The Bertz CT molecular complexity index is 325. The summed E-state index contributed by atoms with van der Waals surface area (Å²) in [6.45, 7) is 5.80. The zero-order valence-electron chi connectivity index (χ0n) is 11.2. The second-order valence-corrected chi connectivity index (χ2v) is 4.43. The molecule has 0 spiro atoms. The van der Waals surface area contributed by atoms with Crippen LogP contribution in [0.4, 0.5) is 5.82 Å². The summed E-state index contributed by atoms with van der Waals surface area (Å²) in [5.74, 6) is 1.04. The molecule has 0 aromatic carbocycles. The highest BCUT2D eigenvalue weighted by Gasteiger charge is 2.09. The predicted molar refractivity (Wildman–Crippen MR) is 73.2 cm³/mol. The Hall–Kier alpha value is -1.13. The maximum absolute atomic E-state index is 5.75. The van der Waals surface area contributed by atoms with E-state index in [0.29, 0.717) is 6.54 Å². The lowest BCUT2D eigenvalue weighted by atomic mass is 10.2. The van der Waals surface area contributed by atoms with Crippen molar-refractivity contribution in [3.63, 3.8) is 0 Å². The Labute approximate surface area is 104 Å². The maximum atomic E-state index is 5.75. The third-order valence-corrected chi connectivity index (χ3v) is 2.80. The largest absolute Gasteiger partial charge is 0.357 e. The number of hydrogen-bond donors (Lipinski definition) is 1. The number of pyridine rings is 1. The van der Waals surface area contributed by atoms with Crippen molar-refractivity contribution in [2.45, 2.75) is 19.9 Å². The van der Waals surface area contributed by atoms with Gasteiger partial charge >= 0.3 is 0 Å². The van der Waals surface area contributed by atoms with Gasteiger partial charge in [0.25, 0.3) is 0 Å². The average molecular weight is 236 g/mol. The third kappa shape index (κ3) is 4.32. The highest BCUT2D eigenvalue weighted by molar-refractivity contribution is 5.46. The van der Waals surface area contributed by atoms with Crippen molar-refractivity contribution in [3.8, 4) is 0 Å². The molecule has 2 N–H and O–H groups in total. The Balaban J connectivity index is 2.65. The van der Waals surface area contributed by atoms with E-state index in [0.717, 1.165) is 37.4 Å². The van der Waals surface area contributed by atoms with Crippen LogP contribution in [0.15, 0.2) is 18.3 Å². The SMILES string of the molecule is CCN(CCCN(C)C)c1ncccc1CN. The fraction of sp³-hybridized carbons (Fsp3) is 0.615. The van der Waals surface area contributed by atoms with Crippen LogP contribution >= 0.6 is 0 Å². The van der Waals surface area contributed by atoms with Gasteiger partial charge in [0.1, 0.15) is 5.82 Å². The molecule has 1 rings (SSSR count). The first kappa shape index (κ1) is 13.9. The molecule has 0 aliphatic carbocycles. The monoisotopic (exact) mass is 236 g/mol. The molecular weight excluding hydrogens is 212 g/mol. The maximum Gasteiger partial charge on any atom is 0.132 e. The summed E-state index contributed by atoms with van der Waals surface area (Å²) in [6, 6.07) is 4.00. The van der Waals surface area contributed by atoms with Crippen molar-refractivity contribution in [1.82, 2.24) is 9.88 Å². The molecular formula is C13H24N4. The van der Waals surface area contributed by atoms with Crippen LogP contribution in [0.5, 0.6) is 0 Å². The van der Waals surface area contributed by atoms with E-state index in [9.17, 15) is 0 Å². The summed E-state index contributed by atoms with van der Waals surface area (Å²) in [5.41, 5.74) is 6.87. The Morgan fingerprint density at radius 3 is 2.65 bits per heavy atom. The van der Waals surface area contributed by atoms with Gasteiger partial charge in [0.15, 0.2) is 0 Å². The van der Waals surface area contributed by atoms with Gasteiger partial charge in [-0.25, -0.2) is 4.98 Å². The van der Waals surface area contributed by atoms with Crippen molar-refractivity contribution in [2.24, 2.45) is 5.73 Å². The molecule has 0 aliphatic rings. The number of hydrogen-bond acceptors (Lipinski definition) is 4. The second kappa shape index (κ2) is 7.25. The molecule has 0 aliphatic heterocycles. The number of nitrogens with zero attached hydrogens (tertiary/aromatic N) is 3. The Morgan fingerprint density at radius 2 is 2.06 bits per heavy atom. The van der Waals surface area contributed by atoms with Crippen LogP contribution < -0.4 is 10.6 Å². The fourth-order valence-corrected chi connectivity index (χ4v) is 1.87. The first-order valence-corrected chi connectivity index (χ1v) is 6.22. The van der Waals surface area contributed by atoms with E-state index in [2.05, 4.69) is 41.9 Å². The van der Waals surface area contributed by atoms with Gasteiger partial charge in [0, 0.05) is 31.4 Å². The molecule has 0 atom stereocenters. The molecule has 96 valence electrons. The number of aromatic nitrogens is 1.